The van der Waals surface area contributed by atoms with Gasteiger partial charge in [-0.25, -0.2) is 0 Å². The maximum Gasteiger partial charge on any atom is 0.251 e. The van der Waals surface area contributed by atoms with Crippen LogP contribution >= 0.6 is 0 Å². The van der Waals surface area contributed by atoms with E-state index in [0.29, 0.717) is 29.4 Å². The number of hydrogen-bond donors (Lipinski definition) is 2. The average Bonchev–Trinajstić information content (AvgIpc) is 2.85. The number of para-hydroxylation sites is 4. The molecular weight excluding hydrogens is 442 g/mol. The molecule has 0 radical (unpaired) electrons. The quantitative estimate of drug-likeness (QED) is 0.487. The minimum Gasteiger partial charge on any atom is -0.492 e. The molecule has 1 heterocycles. The summed E-state index contributed by atoms with van der Waals surface area (Å²) in [6.07, 6.45) is 2.91. The van der Waals surface area contributed by atoms with Crippen molar-refractivity contribution in [3.05, 3.63) is 90.0 Å². The van der Waals surface area contributed by atoms with E-state index in [0.717, 1.165) is 11.1 Å². The van der Waals surface area contributed by atoms with Gasteiger partial charge in [-0.3, -0.25) is 19.3 Å². The first-order valence-electron chi connectivity index (χ1n) is 11.5. The molecule has 0 aliphatic carbocycles. The topological polar surface area (TPSA) is 87.7 Å². The van der Waals surface area contributed by atoms with Gasteiger partial charge in [0.25, 0.3) is 5.91 Å². The first kappa shape index (κ1) is 23.8. The number of anilines is 3. The van der Waals surface area contributed by atoms with Crippen molar-refractivity contribution in [1.82, 2.24) is 0 Å². The molecule has 0 aromatic heterocycles. The second kappa shape index (κ2) is 10.7. The van der Waals surface area contributed by atoms with Gasteiger partial charge >= 0.3 is 0 Å². The van der Waals surface area contributed by atoms with Crippen LogP contribution in [0.4, 0.5) is 17.1 Å². The van der Waals surface area contributed by atoms with Crippen LogP contribution in [0.5, 0.6) is 5.75 Å². The van der Waals surface area contributed by atoms with Crippen LogP contribution in [-0.4, -0.2) is 30.4 Å². The Labute approximate surface area is 204 Å². The van der Waals surface area contributed by atoms with Gasteiger partial charge in [0.2, 0.25) is 11.8 Å². The van der Waals surface area contributed by atoms with Gasteiger partial charge in [-0.2, -0.15) is 0 Å². The van der Waals surface area contributed by atoms with Crippen LogP contribution in [0, 0.1) is 6.92 Å². The standard InChI is InChI=1S/C28H27N3O4/c1-3-35-25-11-7-5-9-22(25)29-26(32)18-24-28(34)30-21-8-4-6-10-23(21)31(24)27(33)17-16-20-14-12-19(2)13-15-20/h4-17,24H,3,18H2,1-2H3,(H,29,32)(H,30,34)/b17-16+. The molecule has 3 amide bonds. The average molecular weight is 470 g/mol. The van der Waals surface area contributed by atoms with Crippen molar-refractivity contribution in [2.75, 3.05) is 22.1 Å². The van der Waals surface area contributed by atoms with E-state index in [1.165, 1.54) is 11.0 Å². The van der Waals surface area contributed by atoms with E-state index >= 15 is 0 Å². The third-order valence-corrected chi connectivity index (χ3v) is 5.61. The van der Waals surface area contributed by atoms with E-state index in [9.17, 15) is 14.4 Å². The summed E-state index contributed by atoms with van der Waals surface area (Å²) in [7, 11) is 0. The van der Waals surface area contributed by atoms with Gasteiger partial charge in [0.15, 0.2) is 0 Å². The predicted octanol–water partition coefficient (Wildman–Crippen LogP) is 4.79. The summed E-state index contributed by atoms with van der Waals surface area (Å²) < 4.78 is 5.57. The molecule has 3 aromatic carbocycles. The van der Waals surface area contributed by atoms with Crippen molar-refractivity contribution < 1.29 is 19.1 Å². The molecule has 7 heteroatoms. The molecule has 1 aliphatic heterocycles. The minimum atomic E-state index is -1.01. The van der Waals surface area contributed by atoms with E-state index in [1.807, 2.05) is 44.2 Å². The first-order valence-corrected chi connectivity index (χ1v) is 11.5. The van der Waals surface area contributed by atoms with Crippen LogP contribution in [-0.2, 0) is 14.4 Å². The number of carbonyl (C=O) groups is 3. The molecule has 0 saturated carbocycles. The Bertz CT molecular complexity index is 1270. The summed E-state index contributed by atoms with van der Waals surface area (Å²) in [5, 5.41) is 5.62. The normalized spacial score (nSPS) is 14.9. The van der Waals surface area contributed by atoms with Gasteiger partial charge in [0.1, 0.15) is 11.8 Å². The van der Waals surface area contributed by atoms with Crippen LogP contribution in [0.1, 0.15) is 24.5 Å². The van der Waals surface area contributed by atoms with Crippen molar-refractivity contribution >= 4 is 40.9 Å². The van der Waals surface area contributed by atoms with Crippen molar-refractivity contribution in [2.24, 2.45) is 0 Å². The van der Waals surface area contributed by atoms with Gasteiger partial charge in [-0.05, 0) is 49.8 Å². The van der Waals surface area contributed by atoms with Crippen LogP contribution in [0.2, 0.25) is 0 Å². The highest BCUT2D eigenvalue weighted by Crippen LogP contribution is 2.33. The maximum absolute atomic E-state index is 13.3. The predicted molar refractivity (Wildman–Crippen MR) is 137 cm³/mol. The van der Waals surface area contributed by atoms with Gasteiger partial charge in [0, 0.05) is 6.08 Å². The highest BCUT2D eigenvalue weighted by Gasteiger charge is 2.37. The van der Waals surface area contributed by atoms with E-state index < -0.39 is 17.9 Å². The van der Waals surface area contributed by atoms with Crippen molar-refractivity contribution in [3.8, 4) is 5.75 Å². The van der Waals surface area contributed by atoms with Gasteiger partial charge < -0.3 is 15.4 Å². The molecule has 4 rings (SSSR count). The highest BCUT2D eigenvalue weighted by molar-refractivity contribution is 6.16. The Morgan fingerprint density at radius 2 is 1.74 bits per heavy atom. The van der Waals surface area contributed by atoms with Crippen LogP contribution in [0.3, 0.4) is 0 Å². The van der Waals surface area contributed by atoms with Crippen molar-refractivity contribution in [1.29, 1.82) is 0 Å². The number of hydrogen-bond acceptors (Lipinski definition) is 4. The fourth-order valence-corrected chi connectivity index (χ4v) is 3.90. The summed E-state index contributed by atoms with van der Waals surface area (Å²) >= 11 is 0. The lowest BCUT2D eigenvalue weighted by Gasteiger charge is -2.35. The van der Waals surface area contributed by atoms with Crippen LogP contribution < -0.4 is 20.3 Å². The van der Waals surface area contributed by atoms with E-state index in [2.05, 4.69) is 10.6 Å². The molecule has 0 spiro atoms. The molecule has 3 aromatic rings. The van der Waals surface area contributed by atoms with Crippen LogP contribution in [0.15, 0.2) is 78.9 Å². The molecule has 2 N–H and O–H groups in total. The zero-order valence-corrected chi connectivity index (χ0v) is 19.7. The lowest BCUT2D eigenvalue weighted by Crippen LogP contribution is -2.52. The van der Waals surface area contributed by atoms with Gasteiger partial charge in [0.05, 0.1) is 30.1 Å². The zero-order valence-electron chi connectivity index (χ0n) is 19.7. The molecule has 0 bridgehead atoms. The van der Waals surface area contributed by atoms with Gasteiger partial charge in [-0.1, -0.05) is 54.1 Å². The molecule has 1 atom stereocenters. The van der Waals surface area contributed by atoms with Crippen LogP contribution in [0.25, 0.3) is 6.08 Å². The Morgan fingerprint density at radius 3 is 2.51 bits per heavy atom. The number of ether oxygens (including phenoxy) is 1. The lowest BCUT2D eigenvalue weighted by atomic mass is 10.0. The third-order valence-electron chi connectivity index (χ3n) is 5.61. The summed E-state index contributed by atoms with van der Waals surface area (Å²) in [6, 6.07) is 20.9. The first-order chi connectivity index (χ1) is 17.0. The number of benzene rings is 3. The van der Waals surface area contributed by atoms with Crippen molar-refractivity contribution in [2.45, 2.75) is 26.3 Å². The third kappa shape index (κ3) is 5.58. The van der Waals surface area contributed by atoms with E-state index in [4.69, 9.17) is 4.74 Å². The number of aryl methyl sites for hydroxylation is 1. The van der Waals surface area contributed by atoms with Gasteiger partial charge in [-0.15, -0.1) is 0 Å². The molecule has 7 nitrogen and oxygen atoms in total. The second-order valence-corrected chi connectivity index (χ2v) is 8.16. The monoisotopic (exact) mass is 469 g/mol. The molecule has 1 unspecified atom stereocenters. The van der Waals surface area contributed by atoms with E-state index in [1.54, 1.807) is 48.5 Å². The second-order valence-electron chi connectivity index (χ2n) is 8.16. The number of rotatable bonds is 7. The minimum absolute atomic E-state index is 0.218. The molecule has 178 valence electrons. The fourth-order valence-electron chi connectivity index (χ4n) is 3.90. The van der Waals surface area contributed by atoms with E-state index in [-0.39, 0.29) is 12.3 Å². The summed E-state index contributed by atoms with van der Waals surface area (Å²) in [5.41, 5.74) is 3.55. The lowest BCUT2D eigenvalue weighted by molar-refractivity contribution is -0.124. The fraction of sp³-hybridized carbons (Fsp3) is 0.179. The number of amides is 3. The molecule has 0 fully saturated rings. The summed E-state index contributed by atoms with van der Waals surface area (Å²) in [6.45, 7) is 4.30. The largest absolute Gasteiger partial charge is 0.492 e. The molecule has 1 aliphatic rings. The van der Waals surface area contributed by atoms with Crippen molar-refractivity contribution in [3.63, 3.8) is 0 Å². The molecule has 0 saturated heterocycles. The Kier molecular flexibility index (Phi) is 7.26. The number of fused-ring (bicyclic) bond motifs is 1. The number of nitrogens with zero attached hydrogens (tertiary/aromatic N) is 1. The Morgan fingerprint density at radius 1 is 1.03 bits per heavy atom. The Balaban J connectivity index is 1.59. The highest BCUT2D eigenvalue weighted by atomic mass is 16.5. The molecular formula is C28H27N3O4. The smallest absolute Gasteiger partial charge is 0.251 e. The summed E-state index contributed by atoms with van der Waals surface area (Å²) in [5.74, 6) is -0.679. The maximum atomic E-state index is 13.3. The SMILES string of the molecule is CCOc1ccccc1NC(=O)CC1C(=O)Nc2ccccc2N1C(=O)/C=C/c1ccc(C)cc1. The molecule has 35 heavy (non-hydrogen) atoms. The zero-order chi connectivity index (χ0) is 24.8. The summed E-state index contributed by atoms with van der Waals surface area (Å²) in [4.78, 5) is 40.7. The Hall–Kier alpha value is -4.39. The number of carbonyl (C=O) groups excluding carboxylic acids is 3. The number of nitrogens with one attached hydrogen (secondary N) is 2.